The number of aromatic nitrogens is 1. The van der Waals surface area contributed by atoms with Gasteiger partial charge in [-0.2, -0.15) is 0 Å². The molecule has 0 radical (unpaired) electrons. The Kier molecular flexibility index (Phi) is 6.52. The van der Waals surface area contributed by atoms with Crippen molar-refractivity contribution < 1.29 is 19.0 Å². The van der Waals surface area contributed by atoms with Gasteiger partial charge in [0.1, 0.15) is 11.5 Å². The Bertz CT molecular complexity index is 793. The van der Waals surface area contributed by atoms with E-state index in [9.17, 15) is 4.79 Å². The van der Waals surface area contributed by atoms with E-state index in [2.05, 4.69) is 4.98 Å². The van der Waals surface area contributed by atoms with Crippen LogP contribution in [0.25, 0.3) is 11.3 Å². The van der Waals surface area contributed by atoms with Crippen LogP contribution in [0.2, 0.25) is 0 Å². The van der Waals surface area contributed by atoms with E-state index in [1.54, 1.807) is 27.5 Å². The molecule has 0 bridgehead atoms. The van der Waals surface area contributed by atoms with Crippen molar-refractivity contribution >= 4 is 5.91 Å². The summed E-state index contributed by atoms with van der Waals surface area (Å²) < 4.78 is 16.3. The maximum absolute atomic E-state index is 12.9. The highest BCUT2D eigenvalue weighted by atomic mass is 16.5. The van der Waals surface area contributed by atoms with E-state index in [0.717, 1.165) is 37.1 Å². The molecule has 6 heteroatoms. The monoisotopic (exact) mass is 384 g/mol. The van der Waals surface area contributed by atoms with E-state index in [1.807, 2.05) is 36.1 Å². The van der Waals surface area contributed by atoms with Gasteiger partial charge in [-0.3, -0.25) is 9.78 Å². The molecular formula is C22H28N2O4. The quantitative estimate of drug-likeness (QED) is 0.762. The van der Waals surface area contributed by atoms with E-state index >= 15 is 0 Å². The fraction of sp³-hybridized carbons (Fsp3) is 0.455. The Balaban J connectivity index is 1.83. The number of methoxy groups -OCH3 is 3. The van der Waals surface area contributed by atoms with Crippen molar-refractivity contribution in [2.75, 3.05) is 41.0 Å². The number of carbonyl (C=O) groups is 1. The lowest BCUT2D eigenvalue weighted by atomic mass is 9.98. The summed E-state index contributed by atoms with van der Waals surface area (Å²) in [6, 6.07) is 7.56. The predicted octanol–water partition coefficient (Wildman–Crippen LogP) is 3.57. The number of likely N-dealkylation sites (tertiary alicyclic amines) is 1. The normalized spacial score (nSPS) is 16.7. The standard InChI is InChI=1S/C22H28N2O4/c1-15-10-19(27-3)21(20(11-15)28-4)18-8-7-17(12-23-18)22(25)24-9-5-6-16(13-24)14-26-2/h7-8,10-12,16H,5-6,9,13-14H2,1-4H3/t16-/m0/s1. The Labute approximate surface area is 166 Å². The smallest absolute Gasteiger partial charge is 0.255 e. The second-order valence-corrected chi connectivity index (χ2v) is 7.19. The molecule has 1 aromatic heterocycles. The number of amides is 1. The van der Waals surface area contributed by atoms with Gasteiger partial charge in [0.25, 0.3) is 5.91 Å². The van der Waals surface area contributed by atoms with Crippen molar-refractivity contribution in [3.8, 4) is 22.8 Å². The van der Waals surface area contributed by atoms with Crippen LogP contribution in [0.3, 0.4) is 0 Å². The number of benzene rings is 1. The fourth-order valence-electron chi connectivity index (χ4n) is 3.77. The zero-order valence-electron chi connectivity index (χ0n) is 17.0. The molecule has 0 aliphatic carbocycles. The summed E-state index contributed by atoms with van der Waals surface area (Å²) in [5, 5.41) is 0. The number of aryl methyl sites for hydroxylation is 1. The summed E-state index contributed by atoms with van der Waals surface area (Å²) >= 11 is 0. The van der Waals surface area contributed by atoms with Crippen LogP contribution in [0.4, 0.5) is 0 Å². The second-order valence-electron chi connectivity index (χ2n) is 7.19. The molecule has 6 nitrogen and oxygen atoms in total. The highest BCUT2D eigenvalue weighted by Crippen LogP contribution is 2.38. The van der Waals surface area contributed by atoms with Gasteiger partial charge in [0.2, 0.25) is 0 Å². The molecule has 0 spiro atoms. The van der Waals surface area contributed by atoms with E-state index in [4.69, 9.17) is 14.2 Å². The van der Waals surface area contributed by atoms with Gasteiger partial charge >= 0.3 is 0 Å². The Morgan fingerprint density at radius 3 is 2.46 bits per heavy atom. The molecule has 1 aliphatic heterocycles. The molecule has 0 N–H and O–H groups in total. The van der Waals surface area contributed by atoms with Gasteiger partial charge in [-0.15, -0.1) is 0 Å². The van der Waals surface area contributed by atoms with Crippen LogP contribution in [0.15, 0.2) is 30.5 Å². The minimum atomic E-state index is 0.0164. The zero-order valence-corrected chi connectivity index (χ0v) is 17.0. The minimum Gasteiger partial charge on any atom is -0.496 e. The Morgan fingerprint density at radius 1 is 1.18 bits per heavy atom. The predicted molar refractivity (Wildman–Crippen MR) is 108 cm³/mol. The van der Waals surface area contributed by atoms with Gasteiger partial charge < -0.3 is 19.1 Å². The summed E-state index contributed by atoms with van der Waals surface area (Å²) in [7, 11) is 4.96. The number of hydrogen-bond acceptors (Lipinski definition) is 5. The summed E-state index contributed by atoms with van der Waals surface area (Å²) in [5.74, 6) is 1.81. The summed E-state index contributed by atoms with van der Waals surface area (Å²) in [6.45, 7) is 4.18. The molecule has 1 amide bonds. The van der Waals surface area contributed by atoms with Crippen LogP contribution in [-0.2, 0) is 4.74 Å². The van der Waals surface area contributed by atoms with E-state index in [-0.39, 0.29) is 5.91 Å². The lowest BCUT2D eigenvalue weighted by Crippen LogP contribution is -2.41. The van der Waals surface area contributed by atoms with Crippen molar-refractivity contribution in [1.82, 2.24) is 9.88 Å². The molecule has 1 aromatic carbocycles. The molecule has 1 saturated heterocycles. The average molecular weight is 384 g/mol. The first-order valence-electron chi connectivity index (χ1n) is 9.54. The second kappa shape index (κ2) is 9.06. The minimum absolute atomic E-state index is 0.0164. The Morgan fingerprint density at radius 2 is 1.89 bits per heavy atom. The maximum atomic E-state index is 12.9. The lowest BCUT2D eigenvalue weighted by molar-refractivity contribution is 0.0570. The van der Waals surface area contributed by atoms with Crippen molar-refractivity contribution in [3.05, 3.63) is 41.6 Å². The van der Waals surface area contributed by atoms with Gasteiger partial charge in [-0.1, -0.05) is 0 Å². The number of piperidine rings is 1. The topological polar surface area (TPSA) is 60.9 Å². The van der Waals surface area contributed by atoms with Gasteiger partial charge in [-0.25, -0.2) is 0 Å². The lowest BCUT2D eigenvalue weighted by Gasteiger charge is -2.32. The molecular weight excluding hydrogens is 356 g/mol. The van der Waals surface area contributed by atoms with Gasteiger partial charge in [-0.05, 0) is 55.5 Å². The molecule has 0 unspecified atom stereocenters. The molecule has 28 heavy (non-hydrogen) atoms. The largest absolute Gasteiger partial charge is 0.496 e. The first-order valence-corrected chi connectivity index (χ1v) is 9.54. The Hall–Kier alpha value is -2.60. The first kappa shape index (κ1) is 20.1. The third-order valence-corrected chi connectivity index (χ3v) is 5.13. The first-order chi connectivity index (χ1) is 13.6. The number of hydrogen-bond donors (Lipinski definition) is 0. The van der Waals surface area contributed by atoms with Crippen LogP contribution in [-0.4, -0.2) is 56.8 Å². The van der Waals surface area contributed by atoms with Gasteiger partial charge in [0.05, 0.1) is 37.6 Å². The fourth-order valence-corrected chi connectivity index (χ4v) is 3.77. The zero-order chi connectivity index (χ0) is 20.1. The van der Waals surface area contributed by atoms with Gasteiger partial charge in [0, 0.05) is 26.4 Å². The number of nitrogens with zero attached hydrogens (tertiary/aromatic N) is 2. The van der Waals surface area contributed by atoms with Crippen molar-refractivity contribution in [2.24, 2.45) is 5.92 Å². The molecule has 3 rings (SSSR count). The third-order valence-electron chi connectivity index (χ3n) is 5.13. The highest BCUT2D eigenvalue weighted by molar-refractivity contribution is 5.94. The summed E-state index contributed by atoms with van der Waals surface area (Å²) in [4.78, 5) is 19.3. The molecule has 2 heterocycles. The number of rotatable bonds is 6. The van der Waals surface area contributed by atoms with Crippen LogP contribution >= 0.6 is 0 Å². The number of ether oxygens (including phenoxy) is 3. The molecule has 1 atom stereocenters. The van der Waals surface area contributed by atoms with Crippen LogP contribution in [0, 0.1) is 12.8 Å². The SMILES string of the molecule is COC[C@H]1CCCN(C(=O)c2ccc(-c3c(OC)cc(C)cc3OC)nc2)C1. The van der Waals surface area contributed by atoms with Gasteiger partial charge in [0.15, 0.2) is 0 Å². The van der Waals surface area contributed by atoms with Crippen molar-refractivity contribution in [1.29, 1.82) is 0 Å². The molecule has 1 fully saturated rings. The molecule has 150 valence electrons. The van der Waals surface area contributed by atoms with E-state index in [0.29, 0.717) is 35.3 Å². The molecule has 2 aromatic rings. The van der Waals surface area contributed by atoms with E-state index in [1.165, 1.54) is 0 Å². The van der Waals surface area contributed by atoms with Crippen molar-refractivity contribution in [2.45, 2.75) is 19.8 Å². The summed E-state index contributed by atoms with van der Waals surface area (Å²) in [5.41, 5.74) is 3.13. The third kappa shape index (κ3) is 4.28. The number of pyridine rings is 1. The average Bonchev–Trinajstić information content (AvgIpc) is 2.73. The summed E-state index contributed by atoms with van der Waals surface area (Å²) in [6.07, 6.45) is 3.74. The van der Waals surface area contributed by atoms with Crippen LogP contribution in [0.1, 0.15) is 28.8 Å². The van der Waals surface area contributed by atoms with E-state index < -0.39 is 0 Å². The maximum Gasteiger partial charge on any atom is 0.255 e. The van der Waals surface area contributed by atoms with Crippen LogP contribution in [0.5, 0.6) is 11.5 Å². The highest BCUT2D eigenvalue weighted by Gasteiger charge is 2.25. The number of carbonyl (C=O) groups excluding carboxylic acids is 1. The van der Waals surface area contributed by atoms with Crippen molar-refractivity contribution in [3.63, 3.8) is 0 Å². The van der Waals surface area contributed by atoms with Crippen LogP contribution < -0.4 is 9.47 Å². The molecule has 1 aliphatic rings. The molecule has 0 saturated carbocycles.